The second-order valence-corrected chi connectivity index (χ2v) is 3.73. The number of terminal acetylenes is 1. The Morgan fingerprint density at radius 1 is 1.71 bits per heavy atom. The summed E-state index contributed by atoms with van der Waals surface area (Å²) in [5, 5.41) is 7.15. The summed E-state index contributed by atoms with van der Waals surface area (Å²) in [5.74, 6) is 2.37. The standard InChI is InChI=1S/C12H14ClN3O/c1-3-5-6-7-14-11-10(13)9-15-16(8-4-2)12(11)17/h2-3,5,9,14H,6-8H2,1H3/b5-3+. The van der Waals surface area contributed by atoms with Crippen LogP contribution in [0, 0.1) is 12.3 Å². The molecule has 0 fully saturated rings. The lowest BCUT2D eigenvalue weighted by molar-refractivity contribution is 0.664. The first-order chi connectivity index (χ1) is 8.20. The zero-order valence-electron chi connectivity index (χ0n) is 9.61. The van der Waals surface area contributed by atoms with Crippen molar-refractivity contribution < 1.29 is 0 Å². The minimum atomic E-state index is -0.295. The quantitative estimate of drug-likeness (QED) is 0.494. The highest BCUT2D eigenvalue weighted by Gasteiger charge is 2.08. The highest BCUT2D eigenvalue weighted by molar-refractivity contribution is 6.32. The van der Waals surface area contributed by atoms with Crippen LogP contribution < -0.4 is 10.9 Å². The van der Waals surface area contributed by atoms with E-state index < -0.39 is 0 Å². The normalized spacial score (nSPS) is 10.4. The van der Waals surface area contributed by atoms with Crippen molar-refractivity contribution in [3.8, 4) is 12.3 Å². The lowest BCUT2D eigenvalue weighted by Gasteiger charge is -2.08. The molecule has 0 bridgehead atoms. The van der Waals surface area contributed by atoms with E-state index >= 15 is 0 Å². The van der Waals surface area contributed by atoms with Gasteiger partial charge in [-0.3, -0.25) is 4.79 Å². The van der Waals surface area contributed by atoms with Crippen LogP contribution in [-0.4, -0.2) is 16.3 Å². The first-order valence-electron chi connectivity index (χ1n) is 5.24. The lowest BCUT2D eigenvalue weighted by Crippen LogP contribution is -2.26. The van der Waals surface area contributed by atoms with E-state index in [4.69, 9.17) is 18.0 Å². The third kappa shape index (κ3) is 3.65. The molecule has 1 rings (SSSR count). The molecule has 0 aliphatic heterocycles. The summed E-state index contributed by atoms with van der Waals surface area (Å²) in [6.45, 7) is 2.72. The molecular formula is C12H14ClN3O. The summed E-state index contributed by atoms with van der Waals surface area (Å²) in [5.41, 5.74) is 0.0531. The molecule has 5 heteroatoms. The molecule has 0 aliphatic carbocycles. The zero-order valence-corrected chi connectivity index (χ0v) is 10.4. The summed E-state index contributed by atoms with van der Waals surface area (Å²) in [6, 6.07) is 0. The Kier molecular flexibility index (Phi) is 5.31. The van der Waals surface area contributed by atoms with E-state index in [9.17, 15) is 4.79 Å². The molecule has 1 heterocycles. The first-order valence-corrected chi connectivity index (χ1v) is 5.62. The van der Waals surface area contributed by atoms with Crippen molar-refractivity contribution in [3.63, 3.8) is 0 Å². The number of nitrogens with zero attached hydrogens (tertiary/aromatic N) is 2. The Morgan fingerprint density at radius 3 is 3.12 bits per heavy atom. The predicted octanol–water partition coefficient (Wildman–Crippen LogP) is 1.91. The van der Waals surface area contributed by atoms with E-state index in [1.165, 1.54) is 10.9 Å². The highest BCUT2D eigenvalue weighted by atomic mass is 35.5. The van der Waals surface area contributed by atoms with Crippen molar-refractivity contribution >= 4 is 17.3 Å². The molecule has 1 N–H and O–H groups in total. The van der Waals surface area contributed by atoms with Crippen LogP contribution in [0.5, 0.6) is 0 Å². The molecule has 0 saturated carbocycles. The molecule has 0 aliphatic rings. The van der Waals surface area contributed by atoms with Gasteiger partial charge in [0.2, 0.25) is 0 Å². The van der Waals surface area contributed by atoms with Crippen LogP contribution in [0.2, 0.25) is 5.02 Å². The van der Waals surface area contributed by atoms with Gasteiger partial charge in [-0.15, -0.1) is 6.42 Å². The SMILES string of the molecule is C#CCn1ncc(Cl)c(NCC/C=C/C)c1=O. The number of anilines is 1. The van der Waals surface area contributed by atoms with E-state index in [1.54, 1.807) is 0 Å². The largest absolute Gasteiger partial charge is 0.379 e. The van der Waals surface area contributed by atoms with E-state index in [0.717, 1.165) is 6.42 Å². The molecule has 90 valence electrons. The smallest absolute Gasteiger partial charge is 0.292 e. The van der Waals surface area contributed by atoms with Gasteiger partial charge in [0.15, 0.2) is 0 Å². The van der Waals surface area contributed by atoms with Crippen molar-refractivity contribution in [3.05, 3.63) is 33.7 Å². The molecule has 1 aromatic heterocycles. The Hall–Kier alpha value is -1.73. The molecule has 0 radical (unpaired) electrons. The summed E-state index contributed by atoms with van der Waals surface area (Å²) in [7, 11) is 0. The van der Waals surface area contributed by atoms with Gasteiger partial charge in [0, 0.05) is 6.54 Å². The monoisotopic (exact) mass is 251 g/mol. The molecule has 0 unspecified atom stereocenters. The van der Waals surface area contributed by atoms with E-state index in [-0.39, 0.29) is 12.1 Å². The van der Waals surface area contributed by atoms with Gasteiger partial charge in [-0.1, -0.05) is 29.7 Å². The van der Waals surface area contributed by atoms with Gasteiger partial charge in [-0.05, 0) is 13.3 Å². The number of allylic oxidation sites excluding steroid dienone is 1. The lowest BCUT2D eigenvalue weighted by atomic mass is 10.3. The minimum Gasteiger partial charge on any atom is -0.379 e. The Morgan fingerprint density at radius 2 is 2.47 bits per heavy atom. The summed E-state index contributed by atoms with van der Waals surface area (Å²) in [6.07, 6.45) is 11.3. The van der Waals surface area contributed by atoms with Gasteiger partial charge in [0.05, 0.1) is 11.2 Å². The Bertz CT molecular complexity index is 499. The summed E-state index contributed by atoms with van der Waals surface area (Å²) < 4.78 is 1.20. The second-order valence-electron chi connectivity index (χ2n) is 3.32. The van der Waals surface area contributed by atoms with Crippen LogP contribution in [0.15, 0.2) is 23.1 Å². The van der Waals surface area contributed by atoms with Gasteiger partial charge < -0.3 is 5.32 Å². The maximum atomic E-state index is 11.9. The zero-order chi connectivity index (χ0) is 12.7. The van der Waals surface area contributed by atoms with E-state index in [2.05, 4.69) is 16.3 Å². The molecule has 0 spiro atoms. The highest BCUT2D eigenvalue weighted by Crippen LogP contribution is 2.14. The van der Waals surface area contributed by atoms with Crippen LogP contribution in [0.3, 0.4) is 0 Å². The van der Waals surface area contributed by atoms with Gasteiger partial charge in [-0.25, -0.2) is 4.68 Å². The fourth-order valence-corrected chi connectivity index (χ4v) is 1.47. The fourth-order valence-electron chi connectivity index (χ4n) is 1.27. The van der Waals surface area contributed by atoms with Crippen molar-refractivity contribution in [2.24, 2.45) is 0 Å². The third-order valence-electron chi connectivity index (χ3n) is 2.09. The number of nitrogens with one attached hydrogen (secondary N) is 1. The molecule has 0 amide bonds. The van der Waals surface area contributed by atoms with E-state index in [0.29, 0.717) is 17.3 Å². The Labute approximate surface area is 105 Å². The van der Waals surface area contributed by atoms with Crippen LogP contribution in [0.25, 0.3) is 0 Å². The van der Waals surface area contributed by atoms with Gasteiger partial charge in [0.1, 0.15) is 12.2 Å². The van der Waals surface area contributed by atoms with Crippen molar-refractivity contribution in [1.82, 2.24) is 9.78 Å². The van der Waals surface area contributed by atoms with Gasteiger partial charge >= 0.3 is 0 Å². The van der Waals surface area contributed by atoms with E-state index in [1.807, 2.05) is 19.1 Å². The summed E-state index contributed by atoms with van der Waals surface area (Å²) in [4.78, 5) is 11.9. The van der Waals surface area contributed by atoms with Crippen molar-refractivity contribution in [2.45, 2.75) is 19.9 Å². The Balaban J connectivity index is 2.87. The average Bonchev–Trinajstić information content (AvgIpc) is 2.32. The number of rotatable bonds is 5. The van der Waals surface area contributed by atoms with Crippen LogP contribution in [0.4, 0.5) is 5.69 Å². The van der Waals surface area contributed by atoms with Crippen LogP contribution in [-0.2, 0) is 6.54 Å². The minimum absolute atomic E-state index is 0.138. The number of aromatic nitrogens is 2. The van der Waals surface area contributed by atoms with Crippen molar-refractivity contribution in [2.75, 3.05) is 11.9 Å². The number of halogens is 1. The third-order valence-corrected chi connectivity index (χ3v) is 2.37. The van der Waals surface area contributed by atoms with Gasteiger partial charge in [-0.2, -0.15) is 5.10 Å². The molecule has 0 aromatic carbocycles. The summed E-state index contributed by atoms with van der Waals surface area (Å²) >= 11 is 5.91. The molecule has 4 nitrogen and oxygen atoms in total. The average molecular weight is 252 g/mol. The predicted molar refractivity (Wildman–Crippen MR) is 70.3 cm³/mol. The number of hydrogen-bond acceptors (Lipinski definition) is 3. The maximum absolute atomic E-state index is 11.9. The molecule has 0 saturated heterocycles. The molecule has 1 aromatic rings. The topological polar surface area (TPSA) is 46.9 Å². The fraction of sp³-hybridized carbons (Fsp3) is 0.333. The second kappa shape index (κ2) is 6.77. The molecule has 17 heavy (non-hydrogen) atoms. The maximum Gasteiger partial charge on any atom is 0.292 e. The first kappa shape index (κ1) is 13.3. The van der Waals surface area contributed by atoms with Crippen LogP contribution >= 0.6 is 11.6 Å². The van der Waals surface area contributed by atoms with Crippen molar-refractivity contribution in [1.29, 1.82) is 0 Å². The van der Waals surface area contributed by atoms with Gasteiger partial charge in [0.25, 0.3) is 5.56 Å². The molecule has 0 atom stereocenters. The number of hydrogen-bond donors (Lipinski definition) is 1. The van der Waals surface area contributed by atoms with Crippen LogP contribution in [0.1, 0.15) is 13.3 Å². The molecular weight excluding hydrogens is 238 g/mol.